The van der Waals surface area contributed by atoms with Gasteiger partial charge >= 0.3 is 0 Å². The summed E-state index contributed by atoms with van der Waals surface area (Å²) in [6.45, 7) is 0. The van der Waals surface area contributed by atoms with Gasteiger partial charge in [-0.25, -0.2) is 4.98 Å². The average molecular weight is 263 g/mol. The highest BCUT2D eigenvalue weighted by Gasteiger charge is 2.01. The molecule has 4 nitrogen and oxygen atoms in total. The third-order valence-electron chi connectivity index (χ3n) is 2.79. The van der Waals surface area contributed by atoms with Crippen LogP contribution in [0.15, 0.2) is 67.0 Å². The molecule has 2 aromatic heterocycles. The lowest BCUT2D eigenvalue weighted by Crippen LogP contribution is -1.91. The predicted molar refractivity (Wildman–Crippen MR) is 78.4 cm³/mol. The molecule has 20 heavy (non-hydrogen) atoms. The van der Waals surface area contributed by atoms with E-state index in [0.717, 1.165) is 11.3 Å². The molecule has 0 radical (unpaired) electrons. The Morgan fingerprint density at radius 1 is 0.800 bits per heavy atom. The lowest BCUT2D eigenvalue weighted by molar-refractivity contribution is 0.461. The number of nitrogen functional groups attached to an aromatic ring is 1. The first-order valence-electron chi connectivity index (χ1n) is 6.22. The van der Waals surface area contributed by atoms with Crippen molar-refractivity contribution in [3.8, 4) is 22.9 Å². The normalized spacial score (nSPS) is 10.2. The topological polar surface area (TPSA) is 61.0 Å². The van der Waals surface area contributed by atoms with E-state index in [1.54, 1.807) is 24.5 Å². The minimum absolute atomic E-state index is 0.494. The number of ether oxygens (including phenoxy) is 1. The molecule has 0 fully saturated rings. The van der Waals surface area contributed by atoms with Gasteiger partial charge in [-0.05, 0) is 18.2 Å². The zero-order chi connectivity index (χ0) is 13.8. The molecule has 3 aromatic rings. The Kier molecular flexibility index (Phi) is 3.29. The Bertz CT molecular complexity index is 679. The number of benzene rings is 1. The molecule has 0 aliphatic rings. The van der Waals surface area contributed by atoms with Crippen LogP contribution < -0.4 is 10.5 Å². The van der Waals surface area contributed by atoms with Crippen molar-refractivity contribution in [3.63, 3.8) is 0 Å². The molecule has 2 heterocycles. The van der Waals surface area contributed by atoms with Crippen LogP contribution in [0.4, 0.5) is 5.69 Å². The Morgan fingerprint density at radius 2 is 1.65 bits per heavy atom. The number of rotatable bonds is 3. The standard InChI is InChI=1S/C16H13N3O/c17-13-6-9-16(19-10-13)20-14-7-8-15(18-11-14)12-4-2-1-3-5-12/h1-11H,17H2. The van der Waals surface area contributed by atoms with Gasteiger partial charge in [-0.3, -0.25) is 4.98 Å². The summed E-state index contributed by atoms with van der Waals surface area (Å²) >= 11 is 0. The van der Waals surface area contributed by atoms with Crippen LogP contribution in [0.1, 0.15) is 0 Å². The van der Waals surface area contributed by atoms with Crippen LogP contribution in [-0.2, 0) is 0 Å². The molecule has 0 spiro atoms. The van der Waals surface area contributed by atoms with Gasteiger partial charge in [0.05, 0.1) is 23.8 Å². The van der Waals surface area contributed by atoms with Crippen molar-refractivity contribution >= 4 is 5.69 Å². The number of hydrogen-bond donors (Lipinski definition) is 1. The third-order valence-corrected chi connectivity index (χ3v) is 2.79. The molecule has 0 aliphatic carbocycles. The Morgan fingerprint density at radius 3 is 2.30 bits per heavy atom. The molecule has 0 unspecified atom stereocenters. The molecule has 1 aromatic carbocycles. The van der Waals surface area contributed by atoms with Crippen LogP contribution in [0.5, 0.6) is 11.6 Å². The minimum Gasteiger partial charge on any atom is -0.437 e. The van der Waals surface area contributed by atoms with Crippen molar-refractivity contribution in [1.29, 1.82) is 0 Å². The van der Waals surface area contributed by atoms with Crippen molar-refractivity contribution in [2.45, 2.75) is 0 Å². The summed E-state index contributed by atoms with van der Waals surface area (Å²) in [5.41, 5.74) is 8.16. The lowest BCUT2D eigenvalue weighted by atomic mass is 10.1. The van der Waals surface area contributed by atoms with Gasteiger partial charge in [0.15, 0.2) is 0 Å². The van der Waals surface area contributed by atoms with E-state index in [9.17, 15) is 0 Å². The van der Waals surface area contributed by atoms with Crippen LogP contribution >= 0.6 is 0 Å². The molecule has 0 aliphatic heterocycles. The number of anilines is 1. The highest BCUT2D eigenvalue weighted by atomic mass is 16.5. The van der Waals surface area contributed by atoms with E-state index in [0.29, 0.717) is 17.3 Å². The summed E-state index contributed by atoms with van der Waals surface area (Å²) in [5.74, 6) is 1.13. The zero-order valence-corrected chi connectivity index (χ0v) is 10.7. The summed E-state index contributed by atoms with van der Waals surface area (Å²) in [6, 6.07) is 17.2. The van der Waals surface area contributed by atoms with E-state index in [1.165, 1.54) is 0 Å². The van der Waals surface area contributed by atoms with Crippen molar-refractivity contribution < 1.29 is 4.74 Å². The molecule has 0 atom stereocenters. The summed E-state index contributed by atoms with van der Waals surface area (Å²) in [5, 5.41) is 0. The van der Waals surface area contributed by atoms with Gasteiger partial charge in [0.1, 0.15) is 5.75 Å². The zero-order valence-electron chi connectivity index (χ0n) is 10.7. The van der Waals surface area contributed by atoms with Crippen molar-refractivity contribution in [2.75, 3.05) is 5.73 Å². The maximum atomic E-state index is 5.60. The molecular weight excluding hydrogens is 250 g/mol. The van der Waals surface area contributed by atoms with Crippen LogP contribution in [0.3, 0.4) is 0 Å². The van der Waals surface area contributed by atoms with Gasteiger partial charge in [-0.15, -0.1) is 0 Å². The predicted octanol–water partition coefficient (Wildman–Crippen LogP) is 3.52. The Labute approximate surface area is 116 Å². The first-order valence-corrected chi connectivity index (χ1v) is 6.22. The molecule has 0 amide bonds. The maximum absolute atomic E-state index is 5.60. The fourth-order valence-electron chi connectivity index (χ4n) is 1.79. The van der Waals surface area contributed by atoms with Crippen molar-refractivity contribution in [3.05, 3.63) is 67.0 Å². The Hall–Kier alpha value is -2.88. The largest absolute Gasteiger partial charge is 0.437 e. The van der Waals surface area contributed by atoms with Gasteiger partial charge in [0.25, 0.3) is 0 Å². The van der Waals surface area contributed by atoms with E-state index in [4.69, 9.17) is 10.5 Å². The van der Waals surface area contributed by atoms with Crippen LogP contribution in [0.25, 0.3) is 11.3 Å². The second kappa shape index (κ2) is 5.40. The molecule has 0 saturated carbocycles. The maximum Gasteiger partial charge on any atom is 0.219 e. The molecule has 98 valence electrons. The minimum atomic E-state index is 0.494. The summed E-state index contributed by atoms with van der Waals surface area (Å²) in [4.78, 5) is 8.46. The van der Waals surface area contributed by atoms with Crippen molar-refractivity contribution in [1.82, 2.24) is 9.97 Å². The molecule has 2 N–H and O–H groups in total. The van der Waals surface area contributed by atoms with E-state index >= 15 is 0 Å². The second-order valence-corrected chi connectivity index (χ2v) is 4.28. The van der Waals surface area contributed by atoms with E-state index in [-0.39, 0.29) is 0 Å². The van der Waals surface area contributed by atoms with Gasteiger partial charge < -0.3 is 10.5 Å². The number of pyridine rings is 2. The molecule has 4 heteroatoms. The summed E-state index contributed by atoms with van der Waals surface area (Å²) < 4.78 is 5.60. The summed E-state index contributed by atoms with van der Waals surface area (Å²) in [7, 11) is 0. The first kappa shape index (κ1) is 12.2. The van der Waals surface area contributed by atoms with Gasteiger partial charge in [0, 0.05) is 11.6 Å². The number of hydrogen-bond acceptors (Lipinski definition) is 4. The third kappa shape index (κ3) is 2.75. The average Bonchev–Trinajstić information content (AvgIpc) is 2.51. The fraction of sp³-hybridized carbons (Fsp3) is 0. The van der Waals surface area contributed by atoms with E-state index in [1.807, 2.05) is 42.5 Å². The Balaban J connectivity index is 1.78. The van der Waals surface area contributed by atoms with Gasteiger partial charge in [-0.1, -0.05) is 30.3 Å². The van der Waals surface area contributed by atoms with Gasteiger partial charge in [0.2, 0.25) is 5.88 Å². The quantitative estimate of drug-likeness (QED) is 0.785. The molecule has 0 saturated heterocycles. The second-order valence-electron chi connectivity index (χ2n) is 4.28. The molecule has 0 bridgehead atoms. The number of nitrogens with two attached hydrogens (primary N) is 1. The van der Waals surface area contributed by atoms with Crippen molar-refractivity contribution in [2.24, 2.45) is 0 Å². The SMILES string of the molecule is Nc1ccc(Oc2ccc(-c3ccccc3)nc2)nc1. The van der Waals surface area contributed by atoms with Crippen LogP contribution in [0, 0.1) is 0 Å². The van der Waals surface area contributed by atoms with Crippen LogP contribution in [0.2, 0.25) is 0 Å². The lowest BCUT2D eigenvalue weighted by Gasteiger charge is -2.05. The van der Waals surface area contributed by atoms with E-state index < -0.39 is 0 Å². The van der Waals surface area contributed by atoms with E-state index in [2.05, 4.69) is 9.97 Å². The first-order chi connectivity index (χ1) is 9.81. The smallest absolute Gasteiger partial charge is 0.219 e. The molecular formula is C16H13N3O. The number of aromatic nitrogens is 2. The number of nitrogens with zero attached hydrogens (tertiary/aromatic N) is 2. The molecule has 3 rings (SSSR count). The summed E-state index contributed by atoms with van der Waals surface area (Å²) in [6.07, 6.45) is 3.24. The fourth-order valence-corrected chi connectivity index (χ4v) is 1.79. The highest BCUT2D eigenvalue weighted by molar-refractivity contribution is 5.59. The van der Waals surface area contributed by atoms with Gasteiger partial charge in [-0.2, -0.15) is 0 Å². The van der Waals surface area contributed by atoms with Crippen LogP contribution in [-0.4, -0.2) is 9.97 Å². The monoisotopic (exact) mass is 263 g/mol. The highest BCUT2D eigenvalue weighted by Crippen LogP contribution is 2.22.